The first-order valence-corrected chi connectivity index (χ1v) is 18.6. The van der Waals surface area contributed by atoms with Crippen molar-refractivity contribution >= 4 is 49.8 Å². The monoisotopic (exact) mass is 705 g/mol. The van der Waals surface area contributed by atoms with Crippen molar-refractivity contribution in [1.82, 2.24) is 0 Å². The predicted octanol–water partition coefficient (Wildman–Crippen LogP) is 14.2. The molecule has 0 unspecified atom stereocenters. The third-order valence-electron chi connectivity index (χ3n) is 11.2. The topological polar surface area (TPSA) is 16.4 Å². The molecule has 1 aromatic heterocycles. The van der Waals surface area contributed by atoms with Gasteiger partial charge in [0.2, 0.25) is 0 Å². The van der Waals surface area contributed by atoms with Crippen molar-refractivity contribution in [1.29, 1.82) is 0 Å². The minimum absolute atomic E-state index is 0.142. The highest BCUT2D eigenvalue weighted by Gasteiger charge is 2.46. The zero-order valence-corrected chi connectivity index (χ0v) is 29.8. The van der Waals surface area contributed by atoms with Gasteiger partial charge in [-0.15, -0.1) is 0 Å². The van der Waals surface area contributed by atoms with Gasteiger partial charge >= 0.3 is 0 Å². The number of benzene rings is 9. The quantitative estimate of drug-likeness (QED) is 0.171. The second-order valence-corrected chi connectivity index (χ2v) is 14.1. The Morgan fingerprint density at radius 2 is 1.02 bits per heavy atom. The van der Waals surface area contributed by atoms with Crippen LogP contribution in [0.25, 0.3) is 55.0 Å². The normalized spacial score (nSPS) is 13.9. The van der Waals surface area contributed by atoms with E-state index in [1.807, 2.05) is 89.8 Å². The fourth-order valence-corrected chi connectivity index (χ4v) is 8.79. The van der Waals surface area contributed by atoms with E-state index in [-0.39, 0.29) is 35.4 Å². The molecule has 11 rings (SSSR count). The van der Waals surface area contributed by atoms with E-state index in [1.165, 1.54) is 5.56 Å². The Balaban J connectivity index is 1.19. The maximum atomic E-state index is 9.77. The number of nitrogens with zero attached hydrogens (tertiary/aromatic N) is 1. The largest absolute Gasteiger partial charge is 0.455 e. The van der Waals surface area contributed by atoms with Crippen LogP contribution in [-0.2, 0) is 5.41 Å². The van der Waals surface area contributed by atoms with Crippen LogP contribution in [0.5, 0.6) is 0 Å². The number of furan rings is 1. The lowest BCUT2D eigenvalue weighted by Gasteiger charge is -2.35. The first-order valence-electron chi connectivity index (χ1n) is 20.6. The van der Waals surface area contributed by atoms with Crippen molar-refractivity contribution in [2.45, 2.75) is 5.41 Å². The molecule has 1 aliphatic carbocycles. The Bertz CT molecular complexity index is 3220. The highest BCUT2D eigenvalue weighted by molar-refractivity contribution is 6.09. The lowest BCUT2D eigenvalue weighted by atomic mass is 9.67. The van der Waals surface area contributed by atoms with Gasteiger partial charge in [-0.05, 0) is 92.1 Å². The van der Waals surface area contributed by atoms with Gasteiger partial charge in [0.25, 0.3) is 0 Å². The first kappa shape index (κ1) is 27.4. The fraction of sp³-hybridized carbons (Fsp3) is 0.0189. The van der Waals surface area contributed by atoms with Gasteiger partial charge in [0.15, 0.2) is 0 Å². The Morgan fingerprint density at radius 1 is 0.418 bits per heavy atom. The summed E-state index contributed by atoms with van der Waals surface area (Å²) in [5, 5.41) is 3.84. The molecular weight excluding hydrogens is 667 g/mol. The minimum atomic E-state index is -0.677. The van der Waals surface area contributed by atoms with Crippen molar-refractivity contribution in [3.8, 4) is 22.3 Å². The minimum Gasteiger partial charge on any atom is -0.455 e. The molecule has 0 bridgehead atoms. The summed E-state index contributed by atoms with van der Waals surface area (Å²) in [6, 6.07) is 63.3. The lowest BCUT2D eigenvalue weighted by molar-refractivity contribution is 0.670. The maximum Gasteiger partial charge on any atom is 0.143 e. The zero-order valence-electron chi connectivity index (χ0n) is 33.8. The second-order valence-electron chi connectivity index (χ2n) is 14.1. The molecule has 2 nitrogen and oxygen atoms in total. The summed E-state index contributed by atoms with van der Waals surface area (Å²) >= 11 is 0. The first-order chi connectivity index (χ1) is 28.9. The molecule has 258 valence electrons. The summed E-state index contributed by atoms with van der Waals surface area (Å²) in [6.07, 6.45) is 0. The summed E-state index contributed by atoms with van der Waals surface area (Å²) in [7, 11) is 0. The van der Waals surface area contributed by atoms with Gasteiger partial charge in [-0.3, -0.25) is 0 Å². The van der Waals surface area contributed by atoms with Crippen LogP contribution in [0.1, 0.15) is 27.7 Å². The van der Waals surface area contributed by atoms with E-state index in [4.69, 9.17) is 4.42 Å². The summed E-state index contributed by atoms with van der Waals surface area (Å²) in [4.78, 5) is 1.91. The SMILES string of the molecule is [2H]c1c([2H])c(N(c2ccc3c(c2)C(c2ccccc2)(c2ccccc2)c2ccccc2-3)c2ccc3ccccc3c2)c([2H])c([2H])c1-c1cccc2c1oc1ccccc12. The van der Waals surface area contributed by atoms with Gasteiger partial charge < -0.3 is 9.32 Å². The lowest BCUT2D eigenvalue weighted by Crippen LogP contribution is -2.28. The maximum absolute atomic E-state index is 9.77. The van der Waals surface area contributed by atoms with Gasteiger partial charge in [0.1, 0.15) is 11.2 Å². The average molecular weight is 706 g/mol. The van der Waals surface area contributed by atoms with Gasteiger partial charge in [-0.2, -0.15) is 0 Å². The Labute approximate surface area is 325 Å². The summed E-state index contributed by atoms with van der Waals surface area (Å²) in [5.74, 6) is 0. The van der Waals surface area contributed by atoms with Crippen LogP contribution in [0.4, 0.5) is 17.1 Å². The van der Waals surface area contributed by atoms with E-state index in [0.717, 1.165) is 60.7 Å². The van der Waals surface area contributed by atoms with E-state index in [9.17, 15) is 5.48 Å². The summed E-state index contributed by atoms with van der Waals surface area (Å²) < 4.78 is 45.1. The zero-order chi connectivity index (χ0) is 39.8. The smallest absolute Gasteiger partial charge is 0.143 e. The van der Waals surface area contributed by atoms with Crippen LogP contribution in [0.3, 0.4) is 0 Å². The van der Waals surface area contributed by atoms with E-state index in [1.54, 1.807) is 0 Å². The highest BCUT2D eigenvalue weighted by Crippen LogP contribution is 2.57. The van der Waals surface area contributed by atoms with Crippen LogP contribution < -0.4 is 4.90 Å². The molecule has 10 aromatic rings. The molecule has 0 radical (unpaired) electrons. The Hall–Kier alpha value is -7.16. The molecule has 0 N–H and O–H groups in total. The molecule has 0 amide bonds. The van der Waals surface area contributed by atoms with Crippen molar-refractivity contribution < 1.29 is 9.90 Å². The van der Waals surface area contributed by atoms with Crippen LogP contribution >= 0.6 is 0 Å². The molecule has 0 saturated carbocycles. The molecule has 2 heteroatoms. The fourth-order valence-electron chi connectivity index (χ4n) is 8.79. The molecular formula is C53H35NO. The average Bonchev–Trinajstić information content (AvgIpc) is 3.82. The molecule has 1 heterocycles. The van der Waals surface area contributed by atoms with E-state index in [0.29, 0.717) is 16.7 Å². The Kier molecular flexibility index (Phi) is 6.22. The third-order valence-corrected chi connectivity index (χ3v) is 11.2. The molecule has 0 saturated heterocycles. The van der Waals surface area contributed by atoms with Crippen molar-refractivity contribution in [2.75, 3.05) is 4.90 Å². The van der Waals surface area contributed by atoms with Gasteiger partial charge in [-0.25, -0.2) is 0 Å². The van der Waals surface area contributed by atoms with Gasteiger partial charge in [0, 0.05) is 33.4 Å². The number of para-hydroxylation sites is 2. The number of fused-ring (bicyclic) bond motifs is 7. The summed E-state index contributed by atoms with van der Waals surface area (Å²) in [6.45, 7) is 0. The molecule has 9 aromatic carbocycles. The van der Waals surface area contributed by atoms with Gasteiger partial charge in [0.05, 0.1) is 10.9 Å². The third kappa shape index (κ3) is 4.82. The molecule has 0 fully saturated rings. The molecule has 1 aliphatic rings. The van der Waals surface area contributed by atoms with E-state index >= 15 is 0 Å². The second kappa shape index (κ2) is 12.5. The highest BCUT2D eigenvalue weighted by atomic mass is 16.3. The number of hydrogen-bond acceptors (Lipinski definition) is 2. The number of anilines is 3. The van der Waals surface area contributed by atoms with Crippen LogP contribution in [0.15, 0.2) is 217 Å². The molecule has 0 aliphatic heterocycles. The molecule has 0 atom stereocenters. The van der Waals surface area contributed by atoms with Crippen LogP contribution in [0, 0.1) is 0 Å². The van der Waals surface area contributed by atoms with Crippen LogP contribution in [0.2, 0.25) is 0 Å². The predicted molar refractivity (Wildman–Crippen MR) is 229 cm³/mol. The van der Waals surface area contributed by atoms with Crippen LogP contribution in [-0.4, -0.2) is 0 Å². The summed E-state index contributed by atoms with van der Waals surface area (Å²) in [5.41, 5.74) is 9.62. The molecule has 0 spiro atoms. The van der Waals surface area contributed by atoms with Crippen molar-refractivity contribution in [3.05, 3.63) is 234 Å². The molecule has 55 heavy (non-hydrogen) atoms. The van der Waals surface area contributed by atoms with Crippen molar-refractivity contribution in [3.63, 3.8) is 0 Å². The van der Waals surface area contributed by atoms with Gasteiger partial charge in [-0.1, -0.05) is 170 Å². The van der Waals surface area contributed by atoms with E-state index in [2.05, 4.69) is 103 Å². The number of hydrogen-bond donors (Lipinski definition) is 0. The Morgan fingerprint density at radius 3 is 1.82 bits per heavy atom. The van der Waals surface area contributed by atoms with E-state index < -0.39 is 5.41 Å². The van der Waals surface area contributed by atoms with Crippen molar-refractivity contribution in [2.24, 2.45) is 0 Å². The standard InChI is InChI=1S/C53H35NO/c1-3-16-39(17-4-1)53(40-18-5-2-6-19-40)49-24-11-9-20-45(49)46-33-32-43(35-50(46)53)54(42-31-26-36-14-7-8-15-38(36)34-42)41-29-27-37(28-30-41)44-22-13-23-48-47-21-10-12-25-51(47)55-52(44)48/h1-35H/i27D,28D,29D,30D. The number of rotatable bonds is 6.